The van der Waals surface area contributed by atoms with Crippen LogP contribution in [0.1, 0.15) is 59.4 Å². The molecule has 1 saturated heterocycles. The first-order valence-corrected chi connectivity index (χ1v) is 12.1. The molecule has 2 rings (SSSR count). The van der Waals surface area contributed by atoms with Gasteiger partial charge in [-0.2, -0.15) is 5.06 Å². The maximum atomic E-state index is 12.9. The Labute approximate surface area is 206 Å². The van der Waals surface area contributed by atoms with Crippen LogP contribution in [0, 0.1) is 6.92 Å². The number of carbonyl (C=O) groups is 2. The summed E-state index contributed by atoms with van der Waals surface area (Å²) in [6.45, 7) is 7.09. The second kappa shape index (κ2) is 14.4. The predicted molar refractivity (Wildman–Crippen MR) is 127 cm³/mol. The van der Waals surface area contributed by atoms with Crippen LogP contribution in [0.4, 0.5) is 0 Å². The molecule has 0 aromatic heterocycles. The lowest BCUT2D eigenvalue weighted by molar-refractivity contribution is -0.191. The van der Waals surface area contributed by atoms with Gasteiger partial charge in [-0.15, -0.1) is 0 Å². The van der Waals surface area contributed by atoms with Crippen LogP contribution in [0.2, 0.25) is 0 Å². The first kappa shape index (κ1) is 29.1. The number of rotatable bonds is 14. The monoisotopic (exact) mass is 497 g/mol. The van der Waals surface area contributed by atoms with Gasteiger partial charge in [-0.3, -0.25) is 19.3 Å². The minimum Gasteiger partial charge on any atom is -0.392 e. The summed E-state index contributed by atoms with van der Waals surface area (Å²) in [7, 11) is 0. The molecule has 2 amide bonds. The molecule has 0 radical (unpaired) electrons. The summed E-state index contributed by atoms with van der Waals surface area (Å²) in [6.07, 6.45) is -2.75. The molecule has 1 aromatic carbocycles. The van der Waals surface area contributed by atoms with Gasteiger partial charge < -0.3 is 25.3 Å². The van der Waals surface area contributed by atoms with Crippen LogP contribution >= 0.6 is 0 Å². The van der Waals surface area contributed by atoms with Gasteiger partial charge in [0.1, 0.15) is 24.9 Å². The van der Waals surface area contributed by atoms with Crippen molar-refractivity contribution >= 4 is 11.8 Å². The molecule has 198 valence electrons. The van der Waals surface area contributed by atoms with Crippen molar-refractivity contribution < 1.29 is 39.7 Å². The van der Waals surface area contributed by atoms with E-state index in [1.54, 1.807) is 24.0 Å². The van der Waals surface area contributed by atoms with E-state index in [0.29, 0.717) is 38.2 Å². The summed E-state index contributed by atoms with van der Waals surface area (Å²) >= 11 is 0. The molecule has 0 aliphatic carbocycles. The van der Waals surface area contributed by atoms with Crippen LogP contribution in [0.3, 0.4) is 0 Å². The fraction of sp³-hybridized carbons (Fsp3) is 0.667. The highest BCUT2D eigenvalue weighted by Gasteiger charge is 2.28. The number of nitrogens with one attached hydrogen (secondary N) is 1. The summed E-state index contributed by atoms with van der Waals surface area (Å²) in [4.78, 5) is 37.6. The Hall–Kier alpha value is -2.12. The molecule has 1 aliphatic heterocycles. The average molecular weight is 498 g/mol. The Morgan fingerprint density at radius 3 is 2.31 bits per heavy atom. The number of amides is 2. The number of hydroxylamine groups is 3. The number of aliphatic hydroxyl groups excluding tert-OH is 4. The van der Waals surface area contributed by atoms with Crippen LogP contribution in [0.15, 0.2) is 18.2 Å². The van der Waals surface area contributed by atoms with Crippen molar-refractivity contribution in [3.05, 3.63) is 34.9 Å². The molecule has 11 nitrogen and oxygen atoms in total. The van der Waals surface area contributed by atoms with Gasteiger partial charge in [0.25, 0.3) is 11.8 Å². The summed E-state index contributed by atoms with van der Waals surface area (Å²) in [5, 5.41) is 41.1. The first-order chi connectivity index (χ1) is 16.7. The van der Waals surface area contributed by atoms with E-state index in [2.05, 4.69) is 5.48 Å². The molecule has 1 heterocycles. The van der Waals surface area contributed by atoms with Crippen molar-refractivity contribution in [1.82, 2.24) is 15.4 Å². The Kier molecular flexibility index (Phi) is 12.0. The molecule has 0 bridgehead atoms. The van der Waals surface area contributed by atoms with E-state index in [1.807, 2.05) is 13.8 Å². The molecule has 0 saturated carbocycles. The van der Waals surface area contributed by atoms with E-state index in [1.165, 1.54) is 11.1 Å². The Balaban J connectivity index is 1.86. The lowest BCUT2D eigenvalue weighted by Crippen LogP contribution is -2.44. The minimum atomic E-state index is -1.58. The zero-order valence-corrected chi connectivity index (χ0v) is 20.7. The Bertz CT molecular complexity index is 818. The number of nitrogens with zero attached hydrogens (tertiary/aromatic N) is 2. The number of aryl methyl sites for hydroxylation is 1. The zero-order chi connectivity index (χ0) is 26.0. The SMILES string of the molecule is CCCN(CCC)C(=O)c1cc(C)cc(C(=O)NOC[C@H](O)[C@@H](O)[C@@H](O)CON2CC[C@@H](O)C2)c1. The lowest BCUT2D eigenvalue weighted by atomic mass is 10.0. The fourth-order valence-electron chi connectivity index (χ4n) is 3.79. The molecule has 0 unspecified atom stereocenters. The lowest BCUT2D eigenvalue weighted by Gasteiger charge is -2.24. The van der Waals surface area contributed by atoms with E-state index < -0.39 is 36.9 Å². The van der Waals surface area contributed by atoms with Crippen molar-refractivity contribution in [2.75, 3.05) is 39.4 Å². The third-order valence-corrected chi connectivity index (χ3v) is 5.62. The summed E-state index contributed by atoms with van der Waals surface area (Å²) < 4.78 is 0. The number of hydrogen-bond donors (Lipinski definition) is 5. The molecule has 11 heteroatoms. The third-order valence-electron chi connectivity index (χ3n) is 5.62. The Morgan fingerprint density at radius 2 is 1.71 bits per heavy atom. The van der Waals surface area contributed by atoms with Crippen molar-refractivity contribution in [2.24, 2.45) is 0 Å². The van der Waals surface area contributed by atoms with E-state index in [0.717, 1.165) is 18.4 Å². The summed E-state index contributed by atoms with van der Waals surface area (Å²) in [6, 6.07) is 4.83. The highest BCUT2D eigenvalue weighted by molar-refractivity contribution is 5.99. The van der Waals surface area contributed by atoms with Gasteiger partial charge in [-0.05, 0) is 49.9 Å². The topological polar surface area (TPSA) is 152 Å². The van der Waals surface area contributed by atoms with E-state index in [9.17, 15) is 30.0 Å². The molecular weight excluding hydrogens is 458 g/mol. The molecule has 35 heavy (non-hydrogen) atoms. The number of aliphatic hydroxyl groups is 4. The highest BCUT2D eigenvalue weighted by Crippen LogP contribution is 2.14. The first-order valence-electron chi connectivity index (χ1n) is 12.1. The molecular formula is C24H39N3O8. The van der Waals surface area contributed by atoms with E-state index >= 15 is 0 Å². The molecule has 1 aliphatic rings. The van der Waals surface area contributed by atoms with Crippen molar-refractivity contribution in [1.29, 1.82) is 0 Å². The number of benzene rings is 1. The second-order valence-corrected chi connectivity index (χ2v) is 8.87. The molecule has 1 aromatic rings. The van der Waals surface area contributed by atoms with Gasteiger partial charge in [-0.1, -0.05) is 13.8 Å². The van der Waals surface area contributed by atoms with Gasteiger partial charge in [0.05, 0.1) is 19.3 Å². The standard InChI is InChI=1S/C24H39N3O8/c1-4-7-26(8-5-2)24(33)18-11-16(3)10-17(12-18)23(32)25-34-14-20(29)22(31)21(30)15-35-27-9-6-19(28)13-27/h10-12,19-22,28-31H,4-9,13-15H2,1-3H3,(H,25,32)/t19-,20+,21+,22-/m1/s1. The highest BCUT2D eigenvalue weighted by atomic mass is 16.7. The van der Waals surface area contributed by atoms with Crippen LogP contribution in [0.25, 0.3) is 0 Å². The normalized spacial score (nSPS) is 18.8. The van der Waals surface area contributed by atoms with Gasteiger partial charge in [-0.25, -0.2) is 5.48 Å². The minimum absolute atomic E-state index is 0.148. The maximum absolute atomic E-state index is 12.9. The summed E-state index contributed by atoms with van der Waals surface area (Å²) in [5.41, 5.74) is 3.55. The number of hydrogen-bond acceptors (Lipinski definition) is 9. The number of β-amino-alcohol motifs (C(OH)–C–C–N with tert-alkyl or cyclic N) is 1. The van der Waals surface area contributed by atoms with E-state index in [-0.39, 0.29) is 18.1 Å². The van der Waals surface area contributed by atoms with Gasteiger partial charge in [0.15, 0.2) is 0 Å². The van der Waals surface area contributed by atoms with Gasteiger partial charge in [0, 0.05) is 30.8 Å². The molecule has 5 N–H and O–H groups in total. The number of carbonyl (C=O) groups excluding carboxylic acids is 2. The van der Waals surface area contributed by atoms with E-state index in [4.69, 9.17) is 9.68 Å². The van der Waals surface area contributed by atoms with Crippen molar-refractivity contribution in [3.63, 3.8) is 0 Å². The van der Waals surface area contributed by atoms with Crippen LogP contribution < -0.4 is 5.48 Å². The van der Waals surface area contributed by atoms with Crippen LogP contribution in [-0.2, 0) is 9.68 Å². The predicted octanol–water partition coefficient (Wildman–Crippen LogP) is -0.000480. The smallest absolute Gasteiger partial charge is 0.274 e. The van der Waals surface area contributed by atoms with Crippen molar-refractivity contribution in [2.45, 2.75) is 64.4 Å². The quantitative estimate of drug-likeness (QED) is 0.224. The second-order valence-electron chi connectivity index (χ2n) is 8.87. The third kappa shape index (κ3) is 9.12. The van der Waals surface area contributed by atoms with Crippen molar-refractivity contribution in [3.8, 4) is 0 Å². The molecule has 1 fully saturated rings. The summed E-state index contributed by atoms with van der Waals surface area (Å²) in [5.74, 6) is -0.760. The van der Waals surface area contributed by atoms with Gasteiger partial charge >= 0.3 is 0 Å². The largest absolute Gasteiger partial charge is 0.392 e. The average Bonchev–Trinajstić information content (AvgIpc) is 3.25. The Morgan fingerprint density at radius 1 is 1.09 bits per heavy atom. The van der Waals surface area contributed by atoms with Crippen LogP contribution in [0.5, 0.6) is 0 Å². The molecule has 0 spiro atoms. The fourth-order valence-corrected chi connectivity index (χ4v) is 3.79. The maximum Gasteiger partial charge on any atom is 0.274 e. The zero-order valence-electron chi connectivity index (χ0n) is 20.7. The van der Waals surface area contributed by atoms with Crippen LogP contribution in [-0.4, -0.2) is 106 Å². The van der Waals surface area contributed by atoms with Gasteiger partial charge in [0.2, 0.25) is 0 Å². The molecule has 4 atom stereocenters.